The van der Waals surface area contributed by atoms with Crippen molar-refractivity contribution in [3.8, 4) is 11.5 Å². The third-order valence-electron chi connectivity index (χ3n) is 6.13. The molecule has 4 heteroatoms. The summed E-state index contributed by atoms with van der Waals surface area (Å²) >= 11 is 3.66. The van der Waals surface area contributed by atoms with Crippen LogP contribution in [0.3, 0.4) is 0 Å². The normalized spacial score (nSPS) is 13.9. The van der Waals surface area contributed by atoms with Crippen LogP contribution < -0.4 is 0 Å². The SMILES string of the molecule is CC(C)(C)c1cc(S[13C]([13CH3])([13CH3])Sc2cc(C(C)(C)C)c(O)c(C(C)(C)C)c2)cc(C(C)(C)C)c1O. The van der Waals surface area contributed by atoms with Crippen molar-refractivity contribution in [2.75, 3.05) is 0 Å². The van der Waals surface area contributed by atoms with Crippen molar-refractivity contribution in [3.63, 3.8) is 0 Å². The van der Waals surface area contributed by atoms with Gasteiger partial charge in [-0.15, -0.1) is 23.5 Å². The van der Waals surface area contributed by atoms with Crippen molar-refractivity contribution in [2.24, 2.45) is 0 Å². The Bertz CT molecular complexity index is 914. The fraction of sp³-hybridized carbons (Fsp3) is 0.613. The summed E-state index contributed by atoms with van der Waals surface area (Å²) in [4.78, 5) is 2.34. The van der Waals surface area contributed by atoms with E-state index in [1.165, 1.54) is 9.79 Å². The Morgan fingerprint density at radius 2 is 0.629 bits per heavy atom. The van der Waals surface area contributed by atoms with Crippen LogP contribution in [0.15, 0.2) is 34.1 Å². The van der Waals surface area contributed by atoms with Gasteiger partial charge < -0.3 is 10.2 Å². The number of hydrogen-bond donors (Lipinski definition) is 2. The zero-order valence-electron chi connectivity index (χ0n) is 24.5. The topological polar surface area (TPSA) is 40.5 Å². The van der Waals surface area contributed by atoms with Crippen LogP contribution in [0.1, 0.15) is 119 Å². The van der Waals surface area contributed by atoms with Crippen LogP contribution in [0, 0.1) is 0 Å². The second kappa shape index (κ2) is 9.56. The van der Waals surface area contributed by atoms with Gasteiger partial charge in [0.25, 0.3) is 0 Å². The Labute approximate surface area is 223 Å². The summed E-state index contributed by atoms with van der Waals surface area (Å²) in [6.07, 6.45) is 0. The summed E-state index contributed by atoms with van der Waals surface area (Å²) in [6.45, 7) is 30.4. The first-order valence-electron chi connectivity index (χ1n) is 12.6. The number of aromatic hydroxyl groups is 2. The van der Waals surface area contributed by atoms with Gasteiger partial charge in [0, 0.05) is 32.0 Å². The minimum Gasteiger partial charge on any atom is -0.507 e. The average Bonchev–Trinajstić information content (AvgIpc) is 2.60. The lowest BCUT2D eigenvalue weighted by atomic mass is 9.79. The average molecular weight is 520 g/mol. The van der Waals surface area contributed by atoms with Gasteiger partial charge in [-0.05, 0) is 59.8 Å². The second-order valence-electron chi connectivity index (χ2n) is 14.3. The van der Waals surface area contributed by atoms with E-state index in [9.17, 15) is 10.2 Å². The minimum atomic E-state index is -0.164. The van der Waals surface area contributed by atoms with Gasteiger partial charge in [-0.3, -0.25) is 0 Å². The summed E-state index contributed by atoms with van der Waals surface area (Å²) in [5, 5.41) is 22.2. The summed E-state index contributed by atoms with van der Waals surface area (Å²) in [5.74, 6) is 0.839. The first-order chi connectivity index (χ1) is 15.4. The van der Waals surface area contributed by atoms with Gasteiger partial charge in [0.05, 0.1) is 4.08 Å². The quantitative estimate of drug-likeness (QED) is 0.239. The second-order valence-corrected chi connectivity index (χ2v) is 18.0. The Kier molecular flexibility index (Phi) is 8.18. The van der Waals surface area contributed by atoms with Crippen LogP contribution >= 0.6 is 23.5 Å². The fourth-order valence-corrected chi connectivity index (χ4v) is 6.80. The zero-order chi connectivity index (χ0) is 27.4. The van der Waals surface area contributed by atoms with Crippen molar-refractivity contribution >= 4 is 23.5 Å². The molecule has 2 aromatic rings. The maximum absolute atomic E-state index is 11.1. The molecule has 0 saturated carbocycles. The predicted molar refractivity (Wildman–Crippen MR) is 157 cm³/mol. The molecule has 0 radical (unpaired) electrons. The van der Waals surface area contributed by atoms with Crippen LogP contribution in [0.4, 0.5) is 0 Å². The molecule has 0 saturated heterocycles. The molecule has 0 fully saturated rings. The third-order valence-corrected chi connectivity index (χ3v) is 8.55. The van der Waals surface area contributed by atoms with Crippen molar-refractivity contribution in [3.05, 3.63) is 46.5 Å². The largest absolute Gasteiger partial charge is 0.507 e. The molecule has 2 rings (SSSR count). The summed E-state index contributed by atoms with van der Waals surface area (Å²) in [7, 11) is 0. The van der Waals surface area contributed by atoms with Gasteiger partial charge >= 0.3 is 0 Å². The molecule has 0 aliphatic heterocycles. The molecule has 2 nitrogen and oxygen atoms in total. The fourth-order valence-electron chi connectivity index (χ4n) is 4.21. The Morgan fingerprint density at radius 3 is 0.800 bits per heavy atom. The maximum atomic E-state index is 11.1. The lowest BCUT2D eigenvalue weighted by molar-refractivity contribution is 0.421. The van der Waals surface area contributed by atoms with Gasteiger partial charge in [0.1, 0.15) is 11.5 Å². The summed E-state index contributed by atoms with van der Waals surface area (Å²) in [5.41, 5.74) is 3.34. The molecule has 0 aliphatic rings. The van der Waals surface area contributed by atoms with Gasteiger partial charge in [0.15, 0.2) is 0 Å². The highest BCUT2D eigenvalue weighted by atomic mass is 32.2. The van der Waals surface area contributed by atoms with E-state index in [-0.39, 0.29) is 25.7 Å². The van der Waals surface area contributed by atoms with Crippen LogP contribution in [0.2, 0.25) is 0 Å². The van der Waals surface area contributed by atoms with Crippen molar-refractivity contribution < 1.29 is 10.2 Å². The molecular weight excluding hydrogens is 471 g/mol. The van der Waals surface area contributed by atoms with Gasteiger partial charge in [-0.2, -0.15) is 0 Å². The molecule has 0 spiro atoms. The smallest absolute Gasteiger partial charge is 0.123 e. The van der Waals surface area contributed by atoms with E-state index in [4.69, 9.17) is 0 Å². The van der Waals surface area contributed by atoms with Gasteiger partial charge in [0.2, 0.25) is 0 Å². The lowest BCUT2D eigenvalue weighted by Crippen LogP contribution is -2.19. The molecule has 0 unspecified atom stereocenters. The van der Waals surface area contributed by atoms with Crippen LogP contribution in [0.5, 0.6) is 11.5 Å². The number of phenolic OH excluding ortho intramolecular Hbond substituents is 2. The number of benzene rings is 2. The molecule has 35 heavy (non-hydrogen) atoms. The zero-order valence-corrected chi connectivity index (χ0v) is 26.2. The number of hydrogen-bond acceptors (Lipinski definition) is 4. The summed E-state index contributed by atoms with van der Waals surface area (Å²) < 4.78 is -0.164. The molecule has 2 N–H and O–H groups in total. The Hall–Kier alpha value is -1.26. The highest BCUT2D eigenvalue weighted by Gasteiger charge is 2.31. The monoisotopic (exact) mass is 519 g/mol. The number of thioether (sulfide) groups is 2. The first kappa shape index (κ1) is 30.0. The highest BCUT2D eigenvalue weighted by molar-refractivity contribution is 8.18. The van der Waals surface area contributed by atoms with Crippen LogP contribution in [-0.2, 0) is 21.7 Å². The Balaban J connectivity index is 2.57. The maximum Gasteiger partial charge on any atom is 0.123 e. The van der Waals surface area contributed by atoms with Crippen LogP contribution in [-0.4, -0.2) is 14.3 Å². The molecular formula is C31H48O2S2. The molecule has 0 aliphatic carbocycles. The molecule has 0 heterocycles. The molecule has 0 atom stereocenters. The van der Waals surface area contributed by atoms with Gasteiger partial charge in [-0.1, -0.05) is 83.1 Å². The van der Waals surface area contributed by atoms with E-state index in [0.717, 1.165) is 22.3 Å². The lowest BCUT2D eigenvalue weighted by Gasteiger charge is -2.31. The first-order valence-corrected chi connectivity index (χ1v) is 14.2. The van der Waals surface area contributed by atoms with Gasteiger partial charge in [-0.25, -0.2) is 0 Å². The molecule has 0 amide bonds. The van der Waals surface area contributed by atoms with Crippen molar-refractivity contribution in [2.45, 2.75) is 132 Å². The summed E-state index contributed by atoms with van der Waals surface area (Å²) in [6, 6.07) is 8.65. The van der Waals surface area contributed by atoms with Crippen molar-refractivity contribution in [1.82, 2.24) is 0 Å². The molecule has 0 aromatic heterocycles. The minimum absolute atomic E-state index is 0.155. The molecule has 2 aromatic carbocycles. The number of phenols is 2. The highest BCUT2D eigenvalue weighted by Crippen LogP contribution is 2.50. The van der Waals surface area contributed by atoms with E-state index in [2.05, 4.69) is 121 Å². The molecule has 0 bridgehead atoms. The van der Waals surface area contributed by atoms with E-state index >= 15 is 0 Å². The van der Waals surface area contributed by atoms with Crippen molar-refractivity contribution in [1.29, 1.82) is 0 Å². The Morgan fingerprint density at radius 1 is 0.429 bits per heavy atom. The molecule has 196 valence electrons. The van der Waals surface area contributed by atoms with E-state index < -0.39 is 0 Å². The van der Waals surface area contributed by atoms with Crippen LogP contribution in [0.25, 0.3) is 0 Å². The standard InChI is InChI=1S/C31H48O2S2/c1-27(2,3)21-15-19(16-22(25(21)32)28(4,5)6)34-31(13,14)35-20-17-23(29(7,8)9)26(33)24(18-20)30(10,11)12/h15-18,32-33H,1-14H3/i13+1,14+1,31+1. The van der Waals surface area contributed by atoms with E-state index in [1.54, 1.807) is 0 Å². The number of rotatable bonds is 4. The predicted octanol–water partition coefficient (Wildman–Crippen LogP) is 9.91. The third kappa shape index (κ3) is 7.38. The van der Waals surface area contributed by atoms with E-state index in [1.807, 2.05) is 23.5 Å². The van der Waals surface area contributed by atoms with E-state index in [0.29, 0.717) is 11.5 Å².